The average molecular weight is 450 g/mol. The van der Waals surface area contributed by atoms with E-state index in [1.54, 1.807) is 54.4 Å². The fraction of sp³-hybridized carbons (Fsp3) is 0.130. The molecule has 32 heavy (non-hydrogen) atoms. The van der Waals surface area contributed by atoms with E-state index in [0.717, 1.165) is 16.3 Å². The van der Waals surface area contributed by atoms with Crippen LogP contribution >= 0.6 is 0 Å². The summed E-state index contributed by atoms with van der Waals surface area (Å²) in [5, 5.41) is 13.7. The Labute approximate surface area is 186 Å². The third kappa shape index (κ3) is 4.79. The van der Waals surface area contributed by atoms with Gasteiger partial charge in [0.25, 0.3) is 0 Å². The second-order valence-corrected chi connectivity index (χ2v) is 9.09. The summed E-state index contributed by atoms with van der Waals surface area (Å²) in [7, 11) is -2.14. The van der Waals surface area contributed by atoms with Crippen LogP contribution in [0, 0.1) is 5.41 Å². The largest absolute Gasteiger partial charge is 0.497 e. The van der Waals surface area contributed by atoms with Crippen molar-refractivity contribution in [3.8, 4) is 5.75 Å². The normalized spacial score (nSPS) is 11.5. The van der Waals surface area contributed by atoms with Crippen molar-refractivity contribution in [2.45, 2.75) is 18.0 Å². The number of fused-ring (bicyclic) bond motifs is 1. The second-order valence-electron chi connectivity index (χ2n) is 7.32. The molecule has 0 spiro atoms. The van der Waals surface area contributed by atoms with Gasteiger partial charge in [-0.2, -0.15) is 5.10 Å². The molecule has 0 unspecified atom stereocenters. The van der Waals surface area contributed by atoms with Gasteiger partial charge in [-0.05, 0) is 52.7 Å². The maximum Gasteiger partial charge on any atom is 0.240 e. The highest BCUT2D eigenvalue weighted by atomic mass is 32.2. The summed E-state index contributed by atoms with van der Waals surface area (Å²) in [6, 6.07) is 19.6. The molecule has 1 aromatic heterocycles. The molecule has 164 valence electrons. The Morgan fingerprint density at radius 2 is 1.91 bits per heavy atom. The lowest BCUT2D eigenvalue weighted by atomic mass is 10.1. The van der Waals surface area contributed by atoms with E-state index in [1.807, 2.05) is 30.3 Å². The van der Waals surface area contributed by atoms with Crippen molar-refractivity contribution in [2.24, 2.45) is 5.73 Å². The van der Waals surface area contributed by atoms with Gasteiger partial charge in [0.2, 0.25) is 10.0 Å². The third-order valence-corrected chi connectivity index (χ3v) is 6.45. The first-order chi connectivity index (χ1) is 15.3. The molecule has 0 bridgehead atoms. The first-order valence-corrected chi connectivity index (χ1v) is 11.4. The number of amidine groups is 1. The van der Waals surface area contributed by atoms with Crippen molar-refractivity contribution in [3.63, 3.8) is 0 Å². The van der Waals surface area contributed by atoms with Crippen molar-refractivity contribution in [1.82, 2.24) is 14.5 Å². The highest BCUT2D eigenvalue weighted by Gasteiger charge is 2.15. The van der Waals surface area contributed by atoms with Gasteiger partial charge in [-0.1, -0.05) is 30.3 Å². The van der Waals surface area contributed by atoms with Crippen LogP contribution < -0.4 is 15.2 Å². The standard InChI is InChI=1S/C23H23N5O3S/c1-31-21-7-5-17-6-8-22(13-19(17)12-21)32(29,30)26-14-20-9-10-28(27-20)15-16-3-2-4-18(11-16)23(24)25/h2-13,26H,14-15H2,1H3,(H3,24,25). The Hall–Kier alpha value is -3.69. The van der Waals surface area contributed by atoms with Crippen LogP contribution in [0.3, 0.4) is 0 Å². The van der Waals surface area contributed by atoms with Gasteiger partial charge < -0.3 is 10.5 Å². The number of nitrogens with one attached hydrogen (secondary N) is 2. The zero-order valence-electron chi connectivity index (χ0n) is 17.4. The molecule has 1 heterocycles. The van der Waals surface area contributed by atoms with Crippen LogP contribution in [0.1, 0.15) is 16.8 Å². The molecule has 0 aliphatic rings. The van der Waals surface area contributed by atoms with Crippen LogP contribution in [-0.2, 0) is 23.1 Å². The number of nitrogen functional groups attached to an aromatic ring is 1. The summed E-state index contributed by atoms with van der Waals surface area (Å²) in [5.41, 5.74) is 7.73. The number of methoxy groups -OCH3 is 1. The Morgan fingerprint density at radius 3 is 2.69 bits per heavy atom. The molecular weight excluding hydrogens is 426 g/mol. The fourth-order valence-corrected chi connectivity index (χ4v) is 4.39. The second kappa shape index (κ2) is 8.81. The van der Waals surface area contributed by atoms with Crippen molar-refractivity contribution < 1.29 is 13.2 Å². The minimum Gasteiger partial charge on any atom is -0.497 e. The van der Waals surface area contributed by atoms with Gasteiger partial charge in [0.1, 0.15) is 11.6 Å². The topological polar surface area (TPSA) is 123 Å². The molecule has 0 saturated carbocycles. The van der Waals surface area contributed by atoms with Crippen LogP contribution in [0.5, 0.6) is 5.75 Å². The minimum absolute atomic E-state index is 0.00884. The van der Waals surface area contributed by atoms with Crippen LogP contribution in [0.4, 0.5) is 0 Å². The summed E-state index contributed by atoms with van der Waals surface area (Å²) in [6.45, 7) is 0.555. The molecule has 0 fully saturated rings. The minimum atomic E-state index is -3.71. The van der Waals surface area contributed by atoms with E-state index < -0.39 is 10.0 Å². The van der Waals surface area contributed by atoms with Gasteiger partial charge >= 0.3 is 0 Å². The lowest BCUT2D eigenvalue weighted by Crippen LogP contribution is -2.23. The van der Waals surface area contributed by atoms with Crippen molar-refractivity contribution >= 4 is 26.6 Å². The van der Waals surface area contributed by atoms with Crippen molar-refractivity contribution in [2.75, 3.05) is 7.11 Å². The number of rotatable bonds is 8. The zero-order chi connectivity index (χ0) is 22.7. The molecule has 4 rings (SSSR count). The maximum atomic E-state index is 12.8. The number of benzene rings is 3. The van der Waals surface area contributed by atoms with E-state index in [4.69, 9.17) is 15.9 Å². The number of hydrogen-bond donors (Lipinski definition) is 3. The molecule has 0 saturated heterocycles. The highest BCUT2D eigenvalue weighted by molar-refractivity contribution is 7.89. The van der Waals surface area contributed by atoms with Crippen LogP contribution in [0.15, 0.2) is 77.8 Å². The predicted molar refractivity (Wildman–Crippen MR) is 123 cm³/mol. The van der Waals surface area contributed by atoms with E-state index in [1.165, 1.54) is 0 Å². The van der Waals surface area contributed by atoms with E-state index in [2.05, 4.69) is 9.82 Å². The molecule has 0 aliphatic heterocycles. The van der Waals surface area contributed by atoms with Crippen LogP contribution in [0.2, 0.25) is 0 Å². The van der Waals surface area contributed by atoms with Crippen molar-refractivity contribution in [3.05, 3.63) is 89.7 Å². The smallest absolute Gasteiger partial charge is 0.240 e. The van der Waals surface area contributed by atoms with E-state index in [-0.39, 0.29) is 17.3 Å². The molecule has 3 aromatic carbocycles. The Kier molecular flexibility index (Phi) is 5.93. The Morgan fingerprint density at radius 1 is 1.09 bits per heavy atom. The van der Waals surface area contributed by atoms with E-state index in [0.29, 0.717) is 23.6 Å². The monoisotopic (exact) mass is 449 g/mol. The molecular formula is C23H23N5O3S. The maximum absolute atomic E-state index is 12.8. The quantitative estimate of drug-likeness (QED) is 0.282. The predicted octanol–water partition coefficient (Wildman–Crippen LogP) is 2.86. The van der Waals surface area contributed by atoms with E-state index >= 15 is 0 Å². The molecule has 0 atom stereocenters. The Bertz CT molecular complexity index is 1400. The first-order valence-electron chi connectivity index (χ1n) is 9.87. The summed E-state index contributed by atoms with van der Waals surface area (Å²) >= 11 is 0. The lowest BCUT2D eigenvalue weighted by Gasteiger charge is -2.08. The summed E-state index contributed by atoms with van der Waals surface area (Å²) < 4.78 is 35.1. The Balaban J connectivity index is 1.45. The van der Waals surface area contributed by atoms with Gasteiger partial charge in [-0.25, -0.2) is 13.1 Å². The zero-order valence-corrected chi connectivity index (χ0v) is 18.3. The SMILES string of the molecule is COc1ccc2ccc(S(=O)(=O)NCc3ccn(Cc4cccc(C(=N)N)c4)n3)cc2c1. The molecule has 0 aliphatic carbocycles. The van der Waals surface area contributed by atoms with Gasteiger partial charge in [-0.3, -0.25) is 10.1 Å². The first kappa shape index (κ1) is 21.5. The number of ether oxygens (including phenoxy) is 1. The van der Waals surface area contributed by atoms with Crippen LogP contribution in [0.25, 0.3) is 10.8 Å². The average Bonchev–Trinajstić information content (AvgIpc) is 3.24. The third-order valence-electron chi connectivity index (χ3n) is 5.05. The highest BCUT2D eigenvalue weighted by Crippen LogP contribution is 2.23. The summed E-state index contributed by atoms with van der Waals surface area (Å²) in [5.74, 6) is 0.675. The van der Waals surface area contributed by atoms with Crippen LogP contribution in [-0.4, -0.2) is 31.1 Å². The number of sulfonamides is 1. The number of nitrogens with two attached hydrogens (primary N) is 1. The molecule has 4 aromatic rings. The number of nitrogens with zero attached hydrogens (tertiary/aromatic N) is 2. The molecule has 8 nitrogen and oxygen atoms in total. The summed E-state index contributed by atoms with van der Waals surface area (Å²) in [4.78, 5) is 0.179. The van der Waals surface area contributed by atoms with Gasteiger partial charge in [-0.15, -0.1) is 0 Å². The van der Waals surface area contributed by atoms with E-state index in [9.17, 15) is 8.42 Å². The molecule has 9 heteroatoms. The van der Waals surface area contributed by atoms with Gasteiger partial charge in [0, 0.05) is 11.8 Å². The van der Waals surface area contributed by atoms with Gasteiger partial charge in [0.05, 0.1) is 30.8 Å². The molecule has 0 radical (unpaired) electrons. The number of hydrogen-bond acceptors (Lipinski definition) is 5. The fourth-order valence-electron chi connectivity index (χ4n) is 3.36. The molecule has 0 amide bonds. The van der Waals surface area contributed by atoms with Crippen molar-refractivity contribution in [1.29, 1.82) is 5.41 Å². The van der Waals surface area contributed by atoms with Gasteiger partial charge in [0.15, 0.2) is 0 Å². The number of aromatic nitrogens is 2. The lowest BCUT2D eigenvalue weighted by molar-refractivity contribution is 0.415. The molecule has 4 N–H and O–H groups in total. The summed E-state index contributed by atoms with van der Waals surface area (Å²) in [6.07, 6.45) is 1.78.